The highest BCUT2D eigenvalue weighted by atomic mass is 35.5. The Labute approximate surface area is 199 Å². The molecule has 0 saturated carbocycles. The zero-order valence-corrected chi connectivity index (χ0v) is 19.8. The van der Waals surface area contributed by atoms with Crippen LogP contribution in [0, 0.1) is 0 Å². The molecular weight excluding hydrogens is 434 g/mol. The quantitative estimate of drug-likeness (QED) is 0.331. The van der Waals surface area contributed by atoms with Crippen molar-refractivity contribution in [2.75, 3.05) is 6.61 Å². The molecule has 1 aromatic heterocycles. The minimum atomic E-state index is -0.288. The Morgan fingerprint density at radius 1 is 1.00 bits per heavy atom. The Hall–Kier alpha value is -3.31. The first kappa shape index (κ1) is 22.9. The van der Waals surface area contributed by atoms with Crippen LogP contribution in [0.3, 0.4) is 0 Å². The Balaban J connectivity index is 1.54. The molecule has 0 radical (unpaired) electrons. The predicted octanol–water partition coefficient (Wildman–Crippen LogP) is 6.38. The van der Waals surface area contributed by atoms with Crippen LogP contribution in [0.5, 0.6) is 5.75 Å². The van der Waals surface area contributed by atoms with E-state index in [2.05, 4.69) is 29.8 Å². The van der Waals surface area contributed by atoms with Crippen LogP contribution in [0.15, 0.2) is 72.8 Å². The fourth-order valence-electron chi connectivity index (χ4n) is 3.94. The fraction of sp³-hybridized carbons (Fsp3) is 0.259. The highest BCUT2D eigenvalue weighted by molar-refractivity contribution is 6.30. The van der Waals surface area contributed by atoms with Gasteiger partial charge in [0, 0.05) is 10.6 Å². The van der Waals surface area contributed by atoms with Crippen molar-refractivity contribution in [2.45, 2.75) is 39.3 Å². The number of benzene rings is 3. The van der Waals surface area contributed by atoms with E-state index in [0.717, 1.165) is 22.6 Å². The number of imidazole rings is 1. The summed E-state index contributed by atoms with van der Waals surface area (Å²) in [6, 6.07) is 22.7. The largest absolute Gasteiger partial charge is 0.491 e. The van der Waals surface area contributed by atoms with Crippen LogP contribution in [-0.4, -0.2) is 22.1 Å². The molecule has 1 N–H and O–H groups in total. The lowest BCUT2D eigenvalue weighted by Gasteiger charge is -2.18. The zero-order valence-electron chi connectivity index (χ0n) is 19.1. The number of carbonyl (C=O) groups excluding carboxylic acids is 1. The highest BCUT2D eigenvalue weighted by Crippen LogP contribution is 2.26. The van der Waals surface area contributed by atoms with E-state index in [0.29, 0.717) is 29.7 Å². The van der Waals surface area contributed by atoms with Gasteiger partial charge in [0.2, 0.25) is 0 Å². The van der Waals surface area contributed by atoms with Crippen LogP contribution >= 0.6 is 11.6 Å². The van der Waals surface area contributed by atoms with Gasteiger partial charge in [0.15, 0.2) is 0 Å². The number of nitrogens with zero attached hydrogens (tertiary/aromatic N) is 2. The molecule has 1 amide bonds. The number of ether oxygens (including phenoxy) is 1. The minimum absolute atomic E-state index is 0.167. The topological polar surface area (TPSA) is 56.1 Å². The van der Waals surface area contributed by atoms with Gasteiger partial charge in [0.25, 0.3) is 5.91 Å². The number of aromatic nitrogens is 2. The fourth-order valence-corrected chi connectivity index (χ4v) is 4.07. The normalized spacial score (nSPS) is 12.2. The number of carbonyl (C=O) groups is 1. The zero-order chi connectivity index (χ0) is 23.4. The number of para-hydroxylation sites is 3. The lowest BCUT2D eigenvalue weighted by molar-refractivity contribution is 0.0937. The summed E-state index contributed by atoms with van der Waals surface area (Å²) in [7, 11) is 0. The Kier molecular flexibility index (Phi) is 6.99. The molecule has 170 valence electrons. The van der Waals surface area contributed by atoms with Crippen molar-refractivity contribution in [1.82, 2.24) is 14.9 Å². The van der Waals surface area contributed by atoms with E-state index in [1.54, 1.807) is 24.3 Å². The molecule has 0 spiro atoms. The van der Waals surface area contributed by atoms with Crippen LogP contribution in [0.1, 0.15) is 54.5 Å². The Bertz CT molecular complexity index is 1250. The summed E-state index contributed by atoms with van der Waals surface area (Å²) in [6.45, 7) is 7.38. The second kappa shape index (κ2) is 10.1. The van der Waals surface area contributed by atoms with Gasteiger partial charge in [0.1, 0.15) is 18.2 Å². The lowest BCUT2D eigenvalue weighted by Crippen LogP contribution is -2.29. The molecule has 0 aliphatic rings. The van der Waals surface area contributed by atoms with Crippen molar-refractivity contribution in [2.24, 2.45) is 0 Å². The van der Waals surface area contributed by atoms with Crippen LogP contribution in [-0.2, 0) is 6.54 Å². The third-order valence-corrected chi connectivity index (χ3v) is 5.89. The number of halogens is 1. The molecule has 0 saturated heterocycles. The smallest absolute Gasteiger partial charge is 0.251 e. The van der Waals surface area contributed by atoms with Gasteiger partial charge in [-0.25, -0.2) is 4.98 Å². The van der Waals surface area contributed by atoms with E-state index >= 15 is 0 Å². The maximum atomic E-state index is 12.8. The highest BCUT2D eigenvalue weighted by Gasteiger charge is 2.19. The predicted molar refractivity (Wildman–Crippen MR) is 133 cm³/mol. The van der Waals surface area contributed by atoms with Crippen LogP contribution in [0.25, 0.3) is 11.0 Å². The molecule has 5 nitrogen and oxygen atoms in total. The van der Waals surface area contributed by atoms with Gasteiger partial charge >= 0.3 is 0 Å². The van der Waals surface area contributed by atoms with Crippen LogP contribution in [0.4, 0.5) is 0 Å². The molecule has 1 heterocycles. The van der Waals surface area contributed by atoms with Gasteiger partial charge in [-0.2, -0.15) is 0 Å². The van der Waals surface area contributed by atoms with E-state index in [1.807, 2.05) is 49.4 Å². The maximum absolute atomic E-state index is 12.8. The first-order valence-corrected chi connectivity index (χ1v) is 11.5. The Morgan fingerprint density at radius 2 is 1.70 bits per heavy atom. The number of rotatable bonds is 8. The minimum Gasteiger partial charge on any atom is -0.491 e. The summed E-state index contributed by atoms with van der Waals surface area (Å²) in [6.07, 6.45) is 0. The number of fused-ring (bicyclic) bond motifs is 1. The molecule has 1 atom stereocenters. The second-order valence-corrected chi connectivity index (χ2v) is 8.79. The summed E-state index contributed by atoms with van der Waals surface area (Å²) in [5.41, 5.74) is 3.66. The standard InChI is InChI=1S/C27H28ClN3O2/c1-18(2)22-8-4-7-11-25(22)33-17-16-31-24-10-6-5-9-23(24)30-26(31)19(3)29-27(32)20-12-14-21(28)15-13-20/h4-15,18-19H,16-17H2,1-3H3,(H,29,32). The van der Waals surface area contributed by atoms with Crippen molar-refractivity contribution in [3.63, 3.8) is 0 Å². The molecular formula is C27H28ClN3O2. The van der Waals surface area contributed by atoms with Gasteiger partial charge in [-0.1, -0.05) is 55.8 Å². The Morgan fingerprint density at radius 3 is 2.45 bits per heavy atom. The first-order valence-electron chi connectivity index (χ1n) is 11.2. The van der Waals surface area contributed by atoms with Crippen molar-refractivity contribution in [3.8, 4) is 5.75 Å². The van der Waals surface area contributed by atoms with Gasteiger partial charge < -0.3 is 14.6 Å². The molecule has 0 fully saturated rings. The monoisotopic (exact) mass is 461 g/mol. The molecule has 33 heavy (non-hydrogen) atoms. The number of nitrogens with one attached hydrogen (secondary N) is 1. The molecule has 4 aromatic rings. The summed E-state index contributed by atoms with van der Waals surface area (Å²) < 4.78 is 8.29. The maximum Gasteiger partial charge on any atom is 0.251 e. The van der Waals surface area contributed by atoms with Crippen molar-refractivity contribution in [3.05, 3.63) is 94.8 Å². The third kappa shape index (κ3) is 5.20. The molecule has 4 rings (SSSR count). The average Bonchev–Trinajstić information content (AvgIpc) is 3.18. The van der Waals surface area contributed by atoms with E-state index in [1.165, 1.54) is 5.56 Å². The first-order chi connectivity index (χ1) is 15.9. The summed E-state index contributed by atoms with van der Waals surface area (Å²) >= 11 is 5.95. The second-order valence-electron chi connectivity index (χ2n) is 8.35. The third-order valence-electron chi connectivity index (χ3n) is 5.64. The van der Waals surface area contributed by atoms with Gasteiger partial charge in [-0.3, -0.25) is 4.79 Å². The van der Waals surface area contributed by atoms with Crippen LogP contribution in [0.2, 0.25) is 5.02 Å². The van der Waals surface area contributed by atoms with E-state index in [4.69, 9.17) is 21.3 Å². The van der Waals surface area contributed by atoms with Crippen molar-refractivity contribution in [1.29, 1.82) is 0 Å². The van der Waals surface area contributed by atoms with E-state index in [9.17, 15) is 4.79 Å². The molecule has 0 bridgehead atoms. The summed E-state index contributed by atoms with van der Waals surface area (Å²) in [4.78, 5) is 17.6. The average molecular weight is 462 g/mol. The van der Waals surface area contributed by atoms with Gasteiger partial charge in [-0.05, 0) is 60.9 Å². The van der Waals surface area contributed by atoms with Crippen LogP contribution < -0.4 is 10.1 Å². The molecule has 1 unspecified atom stereocenters. The van der Waals surface area contributed by atoms with Gasteiger partial charge in [0.05, 0.1) is 23.6 Å². The lowest BCUT2D eigenvalue weighted by atomic mass is 10.0. The molecule has 0 aliphatic carbocycles. The number of amides is 1. The van der Waals surface area contributed by atoms with Crippen molar-refractivity contribution >= 4 is 28.5 Å². The van der Waals surface area contributed by atoms with Gasteiger partial charge in [-0.15, -0.1) is 0 Å². The molecule has 0 aliphatic heterocycles. The molecule has 6 heteroatoms. The van der Waals surface area contributed by atoms with Crippen molar-refractivity contribution < 1.29 is 9.53 Å². The van der Waals surface area contributed by atoms with E-state index in [-0.39, 0.29) is 11.9 Å². The summed E-state index contributed by atoms with van der Waals surface area (Å²) in [5, 5.41) is 3.66. The SMILES string of the molecule is CC(C)c1ccccc1OCCn1c(C(C)NC(=O)c2ccc(Cl)cc2)nc2ccccc21. The van der Waals surface area contributed by atoms with E-state index < -0.39 is 0 Å². The number of hydrogen-bond donors (Lipinski definition) is 1. The molecule has 3 aromatic carbocycles. The summed E-state index contributed by atoms with van der Waals surface area (Å²) in [5.74, 6) is 1.91. The number of hydrogen-bond acceptors (Lipinski definition) is 3.